The lowest BCUT2D eigenvalue weighted by Crippen LogP contribution is -2.10. The number of hydrogen-bond acceptors (Lipinski definition) is 6. The van der Waals surface area contributed by atoms with Crippen molar-refractivity contribution >= 4 is 45.6 Å². The molecule has 4 aromatic rings. The molecule has 7 heteroatoms. The summed E-state index contributed by atoms with van der Waals surface area (Å²) in [5, 5.41) is 9.60. The molecule has 0 bridgehead atoms. The van der Waals surface area contributed by atoms with Gasteiger partial charge in [0, 0.05) is 21.5 Å². The topological polar surface area (TPSA) is 92.9 Å². The van der Waals surface area contributed by atoms with Crippen LogP contribution in [-0.2, 0) is 6.54 Å². The van der Waals surface area contributed by atoms with Crippen molar-refractivity contribution in [2.24, 2.45) is 5.73 Å². The molecule has 4 rings (SSSR count). The smallest absolute Gasteiger partial charge is 0.248 e. The number of para-hydroxylation sites is 1. The molecule has 0 fully saturated rings. The van der Waals surface area contributed by atoms with Crippen LogP contribution in [-0.4, -0.2) is 15.9 Å². The van der Waals surface area contributed by atoms with Crippen LogP contribution >= 0.6 is 11.3 Å². The summed E-state index contributed by atoms with van der Waals surface area (Å²) in [4.78, 5) is 21.6. The minimum absolute atomic E-state index is 0.455. The highest BCUT2D eigenvalue weighted by molar-refractivity contribution is 7.09. The third kappa shape index (κ3) is 3.88. The summed E-state index contributed by atoms with van der Waals surface area (Å²) >= 11 is 1.70. The summed E-state index contributed by atoms with van der Waals surface area (Å²) in [5.41, 5.74) is 7.36. The lowest BCUT2D eigenvalue weighted by atomic mass is 10.2. The first kappa shape index (κ1) is 17.0. The molecule has 27 heavy (non-hydrogen) atoms. The Kier molecular flexibility index (Phi) is 4.67. The SMILES string of the molecule is NC(=O)c1ccc(Nc2nc(NCc3cccs3)c3ccccc3n2)cc1. The molecule has 0 radical (unpaired) electrons. The molecule has 0 atom stereocenters. The van der Waals surface area contributed by atoms with Gasteiger partial charge in [-0.15, -0.1) is 11.3 Å². The van der Waals surface area contributed by atoms with Gasteiger partial charge in [-0.3, -0.25) is 4.79 Å². The van der Waals surface area contributed by atoms with E-state index >= 15 is 0 Å². The molecule has 2 aromatic heterocycles. The van der Waals surface area contributed by atoms with Crippen LogP contribution in [0.3, 0.4) is 0 Å². The second kappa shape index (κ2) is 7.43. The fraction of sp³-hybridized carbons (Fsp3) is 0.0500. The predicted molar refractivity (Wildman–Crippen MR) is 109 cm³/mol. The Bertz CT molecular complexity index is 1080. The van der Waals surface area contributed by atoms with E-state index in [4.69, 9.17) is 5.73 Å². The monoisotopic (exact) mass is 375 g/mol. The second-order valence-electron chi connectivity index (χ2n) is 5.91. The number of primary amides is 1. The maximum Gasteiger partial charge on any atom is 0.248 e. The van der Waals surface area contributed by atoms with Crippen LogP contribution in [0.25, 0.3) is 10.9 Å². The highest BCUT2D eigenvalue weighted by atomic mass is 32.1. The Balaban J connectivity index is 1.63. The van der Waals surface area contributed by atoms with Crippen molar-refractivity contribution < 1.29 is 4.79 Å². The Morgan fingerprint density at radius 3 is 2.56 bits per heavy atom. The number of nitrogens with two attached hydrogens (primary N) is 1. The van der Waals surface area contributed by atoms with E-state index < -0.39 is 5.91 Å². The minimum Gasteiger partial charge on any atom is -0.366 e. The molecule has 4 N–H and O–H groups in total. The van der Waals surface area contributed by atoms with Crippen molar-refractivity contribution in [3.63, 3.8) is 0 Å². The Hall–Kier alpha value is -3.45. The van der Waals surface area contributed by atoms with Crippen LogP contribution in [0.2, 0.25) is 0 Å². The number of thiophene rings is 1. The fourth-order valence-corrected chi connectivity index (χ4v) is 3.34. The number of amides is 1. The van der Waals surface area contributed by atoms with Gasteiger partial charge in [0.1, 0.15) is 5.82 Å². The van der Waals surface area contributed by atoms with Gasteiger partial charge in [0.05, 0.1) is 12.1 Å². The zero-order chi connectivity index (χ0) is 18.6. The van der Waals surface area contributed by atoms with Crippen LogP contribution in [0.15, 0.2) is 66.0 Å². The van der Waals surface area contributed by atoms with E-state index in [0.29, 0.717) is 18.1 Å². The summed E-state index contributed by atoms with van der Waals surface area (Å²) < 4.78 is 0. The molecule has 0 aliphatic carbocycles. The maximum atomic E-state index is 11.2. The van der Waals surface area contributed by atoms with Crippen molar-refractivity contribution in [1.82, 2.24) is 9.97 Å². The summed E-state index contributed by atoms with van der Waals surface area (Å²) in [6, 6.07) is 18.9. The Morgan fingerprint density at radius 1 is 1.00 bits per heavy atom. The number of nitrogens with one attached hydrogen (secondary N) is 2. The molecule has 0 saturated carbocycles. The molecule has 2 heterocycles. The standard InChI is InChI=1S/C20H17N5OS/c21-18(26)13-7-9-14(10-8-13)23-20-24-17-6-2-1-5-16(17)19(25-20)22-12-15-4-3-11-27-15/h1-11H,12H2,(H2,21,26)(H2,22,23,24,25). The van der Waals surface area contributed by atoms with Gasteiger partial charge in [0.25, 0.3) is 0 Å². The number of fused-ring (bicyclic) bond motifs is 1. The van der Waals surface area contributed by atoms with Crippen LogP contribution in [0, 0.1) is 0 Å². The van der Waals surface area contributed by atoms with Crippen LogP contribution in [0.5, 0.6) is 0 Å². The largest absolute Gasteiger partial charge is 0.366 e. The van der Waals surface area contributed by atoms with Gasteiger partial charge in [-0.25, -0.2) is 4.98 Å². The second-order valence-corrected chi connectivity index (χ2v) is 6.94. The van der Waals surface area contributed by atoms with E-state index in [1.165, 1.54) is 4.88 Å². The highest BCUT2D eigenvalue weighted by Crippen LogP contribution is 2.24. The molecule has 134 valence electrons. The van der Waals surface area contributed by atoms with Crippen LogP contribution in [0.1, 0.15) is 15.2 Å². The minimum atomic E-state index is -0.455. The summed E-state index contributed by atoms with van der Waals surface area (Å²) in [7, 11) is 0. The zero-order valence-corrected chi connectivity index (χ0v) is 15.2. The number of aromatic nitrogens is 2. The highest BCUT2D eigenvalue weighted by Gasteiger charge is 2.08. The van der Waals surface area contributed by atoms with Crippen molar-refractivity contribution in [3.8, 4) is 0 Å². The normalized spacial score (nSPS) is 10.7. The van der Waals surface area contributed by atoms with E-state index in [1.54, 1.807) is 35.6 Å². The molecule has 0 unspecified atom stereocenters. The molecular weight excluding hydrogens is 358 g/mol. The number of benzene rings is 2. The summed E-state index contributed by atoms with van der Waals surface area (Å²) in [5.74, 6) is 0.794. The first-order chi connectivity index (χ1) is 13.2. The molecule has 6 nitrogen and oxygen atoms in total. The average molecular weight is 375 g/mol. The molecule has 0 aliphatic heterocycles. The van der Waals surface area contributed by atoms with Gasteiger partial charge in [-0.1, -0.05) is 18.2 Å². The summed E-state index contributed by atoms with van der Waals surface area (Å²) in [6.07, 6.45) is 0. The Labute approximate surface area is 160 Å². The summed E-state index contributed by atoms with van der Waals surface area (Å²) in [6.45, 7) is 0.700. The number of rotatable bonds is 6. The van der Waals surface area contributed by atoms with E-state index in [2.05, 4.69) is 32.0 Å². The molecular formula is C20H17N5OS. The third-order valence-electron chi connectivity index (χ3n) is 4.04. The van der Waals surface area contributed by atoms with Gasteiger partial charge in [0.15, 0.2) is 0 Å². The maximum absolute atomic E-state index is 11.2. The molecule has 0 aliphatic rings. The van der Waals surface area contributed by atoms with E-state index in [9.17, 15) is 4.79 Å². The van der Waals surface area contributed by atoms with Gasteiger partial charge in [-0.2, -0.15) is 4.98 Å². The lowest BCUT2D eigenvalue weighted by Gasteiger charge is -2.11. The average Bonchev–Trinajstić information content (AvgIpc) is 3.20. The van der Waals surface area contributed by atoms with Crippen molar-refractivity contribution in [3.05, 3.63) is 76.5 Å². The van der Waals surface area contributed by atoms with E-state index in [0.717, 1.165) is 22.4 Å². The van der Waals surface area contributed by atoms with E-state index in [-0.39, 0.29) is 0 Å². The van der Waals surface area contributed by atoms with Crippen molar-refractivity contribution in [1.29, 1.82) is 0 Å². The number of hydrogen-bond donors (Lipinski definition) is 3. The van der Waals surface area contributed by atoms with Crippen LogP contribution in [0.4, 0.5) is 17.5 Å². The van der Waals surface area contributed by atoms with Crippen molar-refractivity contribution in [2.75, 3.05) is 10.6 Å². The third-order valence-corrected chi connectivity index (χ3v) is 4.92. The first-order valence-corrected chi connectivity index (χ1v) is 9.27. The zero-order valence-electron chi connectivity index (χ0n) is 14.3. The first-order valence-electron chi connectivity index (χ1n) is 8.39. The molecule has 0 saturated heterocycles. The molecule has 0 spiro atoms. The van der Waals surface area contributed by atoms with Gasteiger partial charge in [-0.05, 0) is 47.8 Å². The molecule has 2 aromatic carbocycles. The Morgan fingerprint density at radius 2 is 1.81 bits per heavy atom. The molecule has 1 amide bonds. The van der Waals surface area contributed by atoms with E-state index in [1.807, 2.05) is 30.3 Å². The van der Waals surface area contributed by atoms with Gasteiger partial charge in [0.2, 0.25) is 11.9 Å². The number of carbonyl (C=O) groups is 1. The van der Waals surface area contributed by atoms with Gasteiger partial charge >= 0.3 is 0 Å². The number of anilines is 3. The predicted octanol–water partition coefficient (Wildman–Crippen LogP) is 4.15. The van der Waals surface area contributed by atoms with Gasteiger partial charge < -0.3 is 16.4 Å². The number of nitrogens with zero attached hydrogens (tertiary/aromatic N) is 2. The van der Waals surface area contributed by atoms with Crippen molar-refractivity contribution in [2.45, 2.75) is 6.54 Å². The number of carbonyl (C=O) groups excluding carboxylic acids is 1. The fourth-order valence-electron chi connectivity index (χ4n) is 2.70. The lowest BCUT2D eigenvalue weighted by molar-refractivity contribution is 0.100. The quantitative estimate of drug-likeness (QED) is 0.471. The van der Waals surface area contributed by atoms with Crippen LogP contribution < -0.4 is 16.4 Å².